The zero-order chi connectivity index (χ0) is 13.6. The molecular formula is C14H25NO3. The third kappa shape index (κ3) is 4.31. The number of rotatable bonds is 6. The van der Waals surface area contributed by atoms with Crippen LogP contribution in [0.5, 0.6) is 0 Å². The summed E-state index contributed by atoms with van der Waals surface area (Å²) in [6, 6.07) is 0. The molecule has 0 spiro atoms. The third-order valence-electron chi connectivity index (χ3n) is 3.95. The molecular weight excluding hydrogens is 230 g/mol. The van der Waals surface area contributed by atoms with Gasteiger partial charge in [-0.15, -0.1) is 0 Å². The van der Waals surface area contributed by atoms with E-state index in [0.29, 0.717) is 6.42 Å². The third-order valence-corrected chi connectivity index (χ3v) is 3.95. The number of hydrogen-bond donors (Lipinski definition) is 1. The topological polar surface area (TPSA) is 57.6 Å². The van der Waals surface area contributed by atoms with E-state index in [1.165, 1.54) is 6.42 Å². The van der Waals surface area contributed by atoms with Gasteiger partial charge in [0.25, 0.3) is 0 Å². The molecule has 1 rings (SSSR count). The maximum Gasteiger partial charge on any atom is 0.303 e. The number of carboxylic acids is 1. The van der Waals surface area contributed by atoms with Crippen LogP contribution in [0.15, 0.2) is 0 Å². The summed E-state index contributed by atoms with van der Waals surface area (Å²) in [5, 5.41) is 9.06. The first kappa shape index (κ1) is 15.0. The van der Waals surface area contributed by atoms with Crippen molar-refractivity contribution in [3.63, 3.8) is 0 Å². The Labute approximate surface area is 109 Å². The van der Waals surface area contributed by atoms with Gasteiger partial charge in [0.15, 0.2) is 0 Å². The fourth-order valence-electron chi connectivity index (χ4n) is 2.95. The number of nitrogens with zero attached hydrogens (tertiary/aromatic N) is 1. The number of carbonyl (C=O) groups excluding carboxylic acids is 1. The minimum absolute atomic E-state index is 0.0972. The highest BCUT2D eigenvalue weighted by Crippen LogP contribution is 2.42. The van der Waals surface area contributed by atoms with Gasteiger partial charge in [0, 0.05) is 20.0 Å². The molecule has 0 saturated heterocycles. The SMILES string of the molecule is CCCN(C)C(=O)CC1(CC(=O)O)CCCCC1. The molecule has 4 heteroatoms. The Bertz CT molecular complexity index is 295. The quantitative estimate of drug-likeness (QED) is 0.793. The molecule has 0 aromatic rings. The van der Waals surface area contributed by atoms with Crippen LogP contribution >= 0.6 is 0 Å². The number of carbonyl (C=O) groups is 2. The number of aliphatic carboxylic acids is 1. The van der Waals surface area contributed by atoms with Crippen molar-refractivity contribution in [2.45, 2.75) is 58.3 Å². The summed E-state index contributed by atoms with van der Waals surface area (Å²) in [6.45, 7) is 2.79. The van der Waals surface area contributed by atoms with Crippen molar-refractivity contribution in [3.05, 3.63) is 0 Å². The van der Waals surface area contributed by atoms with Gasteiger partial charge in [-0.05, 0) is 24.7 Å². The van der Waals surface area contributed by atoms with E-state index in [1.807, 2.05) is 14.0 Å². The molecule has 1 N–H and O–H groups in total. The van der Waals surface area contributed by atoms with Gasteiger partial charge in [0.05, 0.1) is 6.42 Å². The second-order valence-electron chi connectivity index (χ2n) is 5.62. The smallest absolute Gasteiger partial charge is 0.303 e. The predicted octanol–water partition coefficient (Wildman–Crippen LogP) is 2.67. The molecule has 18 heavy (non-hydrogen) atoms. The van der Waals surface area contributed by atoms with Crippen molar-refractivity contribution < 1.29 is 14.7 Å². The van der Waals surface area contributed by atoms with Crippen molar-refractivity contribution in [2.75, 3.05) is 13.6 Å². The van der Waals surface area contributed by atoms with E-state index in [-0.39, 0.29) is 17.7 Å². The van der Waals surface area contributed by atoms with E-state index < -0.39 is 5.97 Å². The highest BCUT2D eigenvalue weighted by Gasteiger charge is 2.37. The van der Waals surface area contributed by atoms with Gasteiger partial charge in [-0.25, -0.2) is 0 Å². The lowest BCUT2D eigenvalue weighted by molar-refractivity contribution is -0.142. The Morgan fingerprint density at radius 3 is 2.28 bits per heavy atom. The van der Waals surface area contributed by atoms with Crippen LogP contribution in [0.25, 0.3) is 0 Å². The summed E-state index contributed by atoms with van der Waals surface area (Å²) in [6.07, 6.45) is 6.51. The van der Waals surface area contributed by atoms with Crippen molar-refractivity contribution in [1.82, 2.24) is 4.90 Å². The summed E-state index contributed by atoms with van der Waals surface area (Å²) in [4.78, 5) is 24.9. The summed E-state index contributed by atoms with van der Waals surface area (Å²) < 4.78 is 0. The Morgan fingerprint density at radius 2 is 1.78 bits per heavy atom. The summed E-state index contributed by atoms with van der Waals surface area (Å²) in [5.41, 5.74) is -0.289. The van der Waals surface area contributed by atoms with Gasteiger partial charge < -0.3 is 10.0 Å². The van der Waals surface area contributed by atoms with E-state index in [2.05, 4.69) is 0 Å². The molecule has 0 radical (unpaired) electrons. The van der Waals surface area contributed by atoms with Crippen LogP contribution in [0.3, 0.4) is 0 Å². The first-order valence-electron chi connectivity index (χ1n) is 6.95. The van der Waals surface area contributed by atoms with E-state index in [0.717, 1.165) is 38.6 Å². The fraction of sp³-hybridized carbons (Fsp3) is 0.857. The zero-order valence-corrected chi connectivity index (χ0v) is 11.6. The molecule has 0 aliphatic heterocycles. The van der Waals surface area contributed by atoms with Crippen LogP contribution in [0, 0.1) is 5.41 Å². The van der Waals surface area contributed by atoms with E-state index in [4.69, 9.17) is 5.11 Å². The van der Waals surface area contributed by atoms with Crippen molar-refractivity contribution in [3.8, 4) is 0 Å². The molecule has 0 bridgehead atoms. The molecule has 1 aliphatic rings. The number of hydrogen-bond acceptors (Lipinski definition) is 2. The minimum atomic E-state index is -0.775. The summed E-state index contributed by atoms with van der Waals surface area (Å²) >= 11 is 0. The van der Waals surface area contributed by atoms with E-state index in [1.54, 1.807) is 4.90 Å². The predicted molar refractivity (Wildman–Crippen MR) is 70.3 cm³/mol. The van der Waals surface area contributed by atoms with Gasteiger partial charge in [-0.2, -0.15) is 0 Å². The van der Waals surface area contributed by atoms with Crippen LogP contribution in [0.2, 0.25) is 0 Å². The molecule has 1 saturated carbocycles. The zero-order valence-electron chi connectivity index (χ0n) is 11.6. The molecule has 4 nitrogen and oxygen atoms in total. The second-order valence-corrected chi connectivity index (χ2v) is 5.62. The molecule has 1 amide bonds. The summed E-state index contributed by atoms with van der Waals surface area (Å²) in [5.74, 6) is -0.678. The Morgan fingerprint density at radius 1 is 1.17 bits per heavy atom. The number of amides is 1. The van der Waals surface area contributed by atoms with Crippen molar-refractivity contribution >= 4 is 11.9 Å². The first-order valence-corrected chi connectivity index (χ1v) is 6.95. The van der Waals surface area contributed by atoms with Crippen LogP contribution in [0.4, 0.5) is 0 Å². The maximum absolute atomic E-state index is 12.1. The Hall–Kier alpha value is -1.06. The first-order chi connectivity index (χ1) is 8.49. The van der Waals surface area contributed by atoms with Crippen LogP contribution in [-0.2, 0) is 9.59 Å². The van der Waals surface area contributed by atoms with Crippen molar-refractivity contribution in [2.24, 2.45) is 5.41 Å². The van der Waals surface area contributed by atoms with Crippen LogP contribution in [0.1, 0.15) is 58.3 Å². The molecule has 0 aromatic heterocycles. The molecule has 0 atom stereocenters. The van der Waals surface area contributed by atoms with Crippen LogP contribution < -0.4 is 0 Å². The molecule has 1 fully saturated rings. The summed E-state index contributed by atoms with van der Waals surface area (Å²) in [7, 11) is 1.81. The van der Waals surface area contributed by atoms with Gasteiger partial charge >= 0.3 is 5.97 Å². The second kappa shape index (κ2) is 6.76. The highest BCUT2D eigenvalue weighted by atomic mass is 16.4. The molecule has 1 aliphatic carbocycles. The molecule has 0 unspecified atom stereocenters. The lowest BCUT2D eigenvalue weighted by Crippen LogP contribution is -2.36. The van der Waals surface area contributed by atoms with E-state index >= 15 is 0 Å². The minimum Gasteiger partial charge on any atom is -0.481 e. The molecule has 0 heterocycles. The van der Waals surface area contributed by atoms with E-state index in [9.17, 15) is 9.59 Å². The van der Waals surface area contributed by atoms with Gasteiger partial charge in [-0.1, -0.05) is 26.2 Å². The highest BCUT2D eigenvalue weighted by molar-refractivity contribution is 5.78. The molecule has 104 valence electrons. The lowest BCUT2D eigenvalue weighted by atomic mass is 9.69. The lowest BCUT2D eigenvalue weighted by Gasteiger charge is -2.36. The molecule has 0 aromatic carbocycles. The normalized spacial score (nSPS) is 18.3. The van der Waals surface area contributed by atoms with Crippen LogP contribution in [-0.4, -0.2) is 35.5 Å². The Kier molecular flexibility index (Phi) is 5.63. The maximum atomic E-state index is 12.1. The van der Waals surface area contributed by atoms with Gasteiger partial charge in [-0.3, -0.25) is 9.59 Å². The van der Waals surface area contributed by atoms with Gasteiger partial charge in [0.1, 0.15) is 0 Å². The average Bonchev–Trinajstić information content (AvgIpc) is 2.29. The standard InChI is InChI=1S/C14H25NO3/c1-3-9-15(2)12(16)10-14(11-13(17)18)7-5-4-6-8-14/h3-11H2,1-2H3,(H,17,18). The Balaban J connectivity index is 2.66. The number of carboxylic acid groups (broad SMARTS) is 1. The van der Waals surface area contributed by atoms with Gasteiger partial charge in [0.2, 0.25) is 5.91 Å². The largest absolute Gasteiger partial charge is 0.481 e. The monoisotopic (exact) mass is 255 g/mol. The fourth-order valence-corrected chi connectivity index (χ4v) is 2.95. The average molecular weight is 255 g/mol. The van der Waals surface area contributed by atoms with Crippen molar-refractivity contribution in [1.29, 1.82) is 0 Å².